The SMILES string of the molecule is CCCNCCCNCc1cc(Br)ccc1Cl. The Balaban J connectivity index is 2.15. The van der Waals surface area contributed by atoms with Gasteiger partial charge in [-0.2, -0.15) is 0 Å². The summed E-state index contributed by atoms with van der Waals surface area (Å²) in [5, 5.41) is 7.61. The van der Waals surface area contributed by atoms with E-state index in [-0.39, 0.29) is 0 Å². The lowest BCUT2D eigenvalue weighted by Crippen LogP contribution is -2.22. The molecule has 1 aromatic carbocycles. The minimum Gasteiger partial charge on any atom is -0.317 e. The number of nitrogens with one attached hydrogen (secondary N) is 2. The van der Waals surface area contributed by atoms with Crippen LogP contribution in [0.3, 0.4) is 0 Å². The highest BCUT2D eigenvalue weighted by Crippen LogP contribution is 2.20. The normalized spacial score (nSPS) is 10.8. The molecule has 1 aromatic rings. The summed E-state index contributed by atoms with van der Waals surface area (Å²) in [5.74, 6) is 0. The average Bonchev–Trinajstić information content (AvgIpc) is 2.32. The third-order valence-electron chi connectivity index (χ3n) is 2.46. The van der Waals surface area contributed by atoms with Crippen molar-refractivity contribution in [2.75, 3.05) is 19.6 Å². The Labute approximate surface area is 117 Å². The topological polar surface area (TPSA) is 24.1 Å². The Hall–Kier alpha value is -0.0900. The van der Waals surface area contributed by atoms with Gasteiger partial charge in [0.25, 0.3) is 0 Å². The third kappa shape index (κ3) is 6.41. The van der Waals surface area contributed by atoms with Gasteiger partial charge in [0, 0.05) is 16.0 Å². The van der Waals surface area contributed by atoms with E-state index in [9.17, 15) is 0 Å². The summed E-state index contributed by atoms with van der Waals surface area (Å²) in [4.78, 5) is 0. The molecular weight excluding hydrogens is 300 g/mol. The van der Waals surface area contributed by atoms with Crippen molar-refractivity contribution < 1.29 is 0 Å². The predicted octanol–water partition coefficient (Wildman–Crippen LogP) is 3.58. The molecule has 0 amide bonds. The molecule has 0 aliphatic heterocycles. The van der Waals surface area contributed by atoms with E-state index in [1.54, 1.807) is 0 Å². The van der Waals surface area contributed by atoms with Crippen LogP contribution in [0, 0.1) is 0 Å². The van der Waals surface area contributed by atoms with Crippen LogP contribution in [-0.4, -0.2) is 19.6 Å². The predicted molar refractivity (Wildman–Crippen MR) is 78.6 cm³/mol. The lowest BCUT2D eigenvalue weighted by molar-refractivity contribution is 0.592. The van der Waals surface area contributed by atoms with Crippen molar-refractivity contribution >= 4 is 27.5 Å². The molecule has 0 unspecified atom stereocenters. The van der Waals surface area contributed by atoms with Gasteiger partial charge in [-0.1, -0.05) is 34.5 Å². The van der Waals surface area contributed by atoms with Gasteiger partial charge in [0.1, 0.15) is 0 Å². The van der Waals surface area contributed by atoms with Crippen LogP contribution in [0.25, 0.3) is 0 Å². The molecular formula is C13H20BrClN2. The smallest absolute Gasteiger partial charge is 0.0451 e. The number of hydrogen-bond donors (Lipinski definition) is 2. The number of halogens is 2. The summed E-state index contributed by atoms with van der Waals surface area (Å²) in [7, 11) is 0. The Kier molecular flexibility index (Phi) is 7.86. The molecule has 96 valence electrons. The van der Waals surface area contributed by atoms with Crippen LogP contribution in [0.1, 0.15) is 25.3 Å². The first-order valence-corrected chi connectivity index (χ1v) is 7.26. The fraction of sp³-hybridized carbons (Fsp3) is 0.538. The van der Waals surface area contributed by atoms with Crippen molar-refractivity contribution in [1.82, 2.24) is 10.6 Å². The Bertz CT molecular complexity index is 331. The van der Waals surface area contributed by atoms with Gasteiger partial charge in [-0.05, 0) is 56.2 Å². The molecule has 0 heterocycles. The third-order valence-corrected chi connectivity index (χ3v) is 3.32. The molecule has 0 bridgehead atoms. The molecule has 0 radical (unpaired) electrons. The molecule has 0 aliphatic rings. The van der Waals surface area contributed by atoms with Crippen LogP contribution < -0.4 is 10.6 Å². The van der Waals surface area contributed by atoms with Crippen molar-refractivity contribution in [2.45, 2.75) is 26.3 Å². The molecule has 4 heteroatoms. The first kappa shape index (κ1) is 15.0. The van der Waals surface area contributed by atoms with E-state index in [0.29, 0.717) is 0 Å². The molecule has 0 saturated heterocycles. The summed E-state index contributed by atoms with van der Waals surface area (Å²) >= 11 is 9.56. The largest absolute Gasteiger partial charge is 0.317 e. The van der Waals surface area contributed by atoms with Crippen LogP contribution in [0.4, 0.5) is 0 Å². The van der Waals surface area contributed by atoms with Crippen molar-refractivity contribution in [3.63, 3.8) is 0 Å². The van der Waals surface area contributed by atoms with Crippen molar-refractivity contribution in [2.24, 2.45) is 0 Å². The van der Waals surface area contributed by atoms with Crippen molar-refractivity contribution in [1.29, 1.82) is 0 Å². The van der Waals surface area contributed by atoms with Gasteiger partial charge in [0.15, 0.2) is 0 Å². The molecule has 1 rings (SSSR count). The maximum absolute atomic E-state index is 6.10. The minimum atomic E-state index is 0.824. The van der Waals surface area contributed by atoms with E-state index in [2.05, 4.69) is 39.6 Å². The van der Waals surface area contributed by atoms with Gasteiger partial charge in [-0.3, -0.25) is 0 Å². The quantitative estimate of drug-likeness (QED) is 0.716. The van der Waals surface area contributed by atoms with E-state index >= 15 is 0 Å². The lowest BCUT2D eigenvalue weighted by atomic mass is 10.2. The molecule has 0 atom stereocenters. The Morgan fingerprint density at radius 1 is 1.18 bits per heavy atom. The lowest BCUT2D eigenvalue weighted by Gasteiger charge is -2.07. The Morgan fingerprint density at radius 2 is 1.94 bits per heavy atom. The van der Waals surface area contributed by atoms with Crippen LogP contribution in [0.15, 0.2) is 22.7 Å². The average molecular weight is 320 g/mol. The van der Waals surface area contributed by atoms with Crippen molar-refractivity contribution in [3.8, 4) is 0 Å². The Morgan fingerprint density at radius 3 is 2.71 bits per heavy atom. The van der Waals surface area contributed by atoms with E-state index < -0.39 is 0 Å². The summed E-state index contributed by atoms with van der Waals surface area (Å²) in [5.41, 5.74) is 1.14. The molecule has 0 saturated carbocycles. The first-order chi connectivity index (χ1) is 8.24. The summed E-state index contributed by atoms with van der Waals surface area (Å²) < 4.78 is 1.07. The van der Waals surface area contributed by atoms with Crippen LogP contribution in [0.2, 0.25) is 5.02 Å². The zero-order chi connectivity index (χ0) is 12.5. The summed E-state index contributed by atoms with van der Waals surface area (Å²) in [6.45, 7) is 6.20. The maximum atomic E-state index is 6.10. The van der Waals surface area contributed by atoms with Crippen LogP contribution in [-0.2, 0) is 6.54 Å². The van der Waals surface area contributed by atoms with E-state index in [4.69, 9.17) is 11.6 Å². The molecule has 0 aromatic heterocycles. The second kappa shape index (κ2) is 8.92. The van der Waals surface area contributed by atoms with E-state index in [1.807, 2.05) is 12.1 Å². The zero-order valence-corrected chi connectivity index (χ0v) is 12.6. The number of rotatable bonds is 8. The van der Waals surface area contributed by atoms with E-state index in [1.165, 1.54) is 6.42 Å². The zero-order valence-electron chi connectivity index (χ0n) is 10.2. The van der Waals surface area contributed by atoms with Gasteiger partial charge in [0.2, 0.25) is 0 Å². The van der Waals surface area contributed by atoms with Gasteiger partial charge in [-0.25, -0.2) is 0 Å². The van der Waals surface area contributed by atoms with Gasteiger partial charge in [-0.15, -0.1) is 0 Å². The highest BCUT2D eigenvalue weighted by atomic mass is 79.9. The molecule has 0 fully saturated rings. The highest BCUT2D eigenvalue weighted by molar-refractivity contribution is 9.10. The summed E-state index contributed by atoms with van der Waals surface area (Å²) in [6, 6.07) is 5.94. The second-order valence-electron chi connectivity index (χ2n) is 4.02. The second-order valence-corrected chi connectivity index (χ2v) is 5.34. The molecule has 0 spiro atoms. The van der Waals surface area contributed by atoms with Gasteiger partial charge < -0.3 is 10.6 Å². The fourth-order valence-corrected chi connectivity index (χ4v) is 2.13. The van der Waals surface area contributed by atoms with E-state index in [0.717, 1.165) is 47.7 Å². The van der Waals surface area contributed by atoms with Crippen LogP contribution in [0.5, 0.6) is 0 Å². The number of benzene rings is 1. The molecule has 17 heavy (non-hydrogen) atoms. The fourth-order valence-electron chi connectivity index (χ4n) is 1.54. The molecule has 0 aliphatic carbocycles. The van der Waals surface area contributed by atoms with Crippen LogP contribution >= 0.6 is 27.5 Å². The number of hydrogen-bond acceptors (Lipinski definition) is 2. The first-order valence-electron chi connectivity index (χ1n) is 6.09. The highest BCUT2D eigenvalue weighted by Gasteiger charge is 2.00. The molecule has 2 nitrogen and oxygen atoms in total. The monoisotopic (exact) mass is 318 g/mol. The summed E-state index contributed by atoms with van der Waals surface area (Å²) in [6.07, 6.45) is 2.34. The minimum absolute atomic E-state index is 0.824. The standard InChI is InChI=1S/C13H20BrClN2/c1-2-6-16-7-3-8-17-10-11-9-12(14)4-5-13(11)15/h4-5,9,16-17H,2-3,6-8,10H2,1H3. The maximum Gasteiger partial charge on any atom is 0.0451 e. The van der Waals surface area contributed by atoms with Crippen molar-refractivity contribution in [3.05, 3.63) is 33.3 Å². The van der Waals surface area contributed by atoms with Gasteiger partial charge >= 0.3 is 0 Å². The van der Waals surface area contributed by atoms with Gasteiger partial charge in [0.05, 0.1) is 0 Å². The molecule has 2 N–H and O–H groups in total.